The molecule has 1 N–H and O–H groups in total. The number of carbonyl (C=O) groups is 1. The Bertz CT molecular complexity index is 375. The Morgan fingerprint density at radius 2 is 2.00 bits per heavy atom. The first kappa shape index (κ1) is 14.2. The van der Waals surface area contributed by atoms with Crippen LogP contribution in [-0.4, -0.2) is 29.7 Å². The largest absolute Gasteiger partial charge is 0.393 e. The first-order chi connectivity index (χ1) is 8.03. The van der Waals surface area contributed by atoms with Gasteiger partial charge in [0.1, 0.15) is 0 Å². The average Bonchev–Trinajstić information content (AvgIpc) is 2.36. The van der Waals surface area contributed by atoms with E-state index >= 15 is 0 Å². The summed E-state index contributed by atoms with van der Waals surface area (Å²) in [5.74, 6) is -0.231. The van der Waals surface area contributed by atoms with Gasteiger partial charge in [-0.2, -0.15) is 0 Å². The van der Waals surface area contributed by atoms with Gasteiger partial charge >= 0.3 is 0 Å². The summed E-state index contributed by atoms with van der Waals surface area (Å²) < 4.78 is 5.44. The Hall–Kier alpha value is -0.900. The molecule has 94 valence electrons. The summed E-state index contributed by atoms with van der Waals surface area (Å²) >= 11 is 5.76. The molecule has 17 heavy (non-hydrogen) atoms. The first-order valence-corrected chi connectivity index (χ1v) is 5.96. The van der Waals surface area contributed by atoms with Crippen LogP contribution in [0.25, 0.3) is 0 Å². The number of rotatable bonds is 6. The van der Waals surface area contributed by atoms with Gasteiger partial charge in [-0.25, -0.2) is 0 Å². The highest BCUT2D eigenvalue weighted by molar-refractivity contribution is 6.30. The fourth-order valence-electron chi connectivity index (χ4n) is 1.42. The van der Waals surface area contributed by atoms with Crippen LogP contribution in [-0.2, 0) is 4.74 Å². The molecule has 0 radical (unpaired) electrons. The molecule has 1 atom stereocenters. The fraction of sp³-hybridized carbons (Fsp3) is 0.462. The third kappa shape index (κ3) is 3.53. The third-order valence-electron chi connectivity index (χ3n) is 2.51. The molecule has 0 amide bonds. The lowest BCUT2D eigenvalue weighted by Gasteiger charge is -2.26. The number of Topliss-reactive ketones (excluding diaryl/α,β-unsaturated/α-hetero) is 1. The van der Waals surface area contributed by atoms with Gasteiger partial charge in [-0.05, 0) is 37.6 Å². The number of carbonyl (C=O) groups excluding carboxylic acids is 1. The zero-order chi connectivity index (χ0) is 12.9. The van der Waals surface area contributed by atoms with Crippen molar-refractivity contribution in [1.82, 2.24) is 0 Å². The topological polar surface area (TPSA) is 46.5 Å². The molecular formula is C13H17ClO3. The Morgan fingerprint density at radius 3 is 2.47 bits per heavy atom. The molecule has 0 spiro atoms. The number of aliphatic hydroxyl groups is 1. The van der Waals surface area contributed by atoms with E-state index in [1.54, 1.807) is 31.2 Å². The summed E-state index contributed by atoms with van der Waals surface area (Å²) in [6.45, 7) is 3.65. The van der Waals surface area contributed by atoms with E-state index in [2.05, 4.69) is 0 Å². The SMILES string of the molecule is CCCOC(C)(CO)C(=O)c1ccc(Cl)cc1. The van der Waals surface area contributed by atoms with E-state index in [1.807, 2.05) is 6.92 Å². The third-order valence-corrected chi connectivity index (χ3v) is 2.77. The van der Waals surface area contributed by atoms with Crippen LogP contribution in [0.5, 0.6) is 0 Å². The standard InChI is InChI=1S/C13H17ClO3/c1-3-8-17-13(2,9-15)12(16)10-4-6-11(14)7-5-10/h4-7,15H,3,8-9H2,1-2H3. The van der Waals surface area contributed by atoms with E-state index in [0.717, 1.165) is 6.42 Å². The van der Waals surface area contributed by atoms with Crippen molar-refractivity contribution in [2.24, 2.45) is 0 Å². The summed E-state index contributed by atoms with van der Waals surface area (Å²) in [7, 11) is 0. The van der Waals surface area contributed by atoms with Gasteiger partial charge < -0.3 is 9.84 Å². The van der Waals surface area contributed by atoms with Crippen LogP contribution in [0.2, 0.25) is 5.02 Å². The predicted molar refractivity (Wildman–Crippen MR) is 67.5 cm³/mol. The van der Waals surface area contributed by atoms with Crippen molar-refractivity contribution in [3.8, 4) is 0 Å². The highest BCUT2D eigenvalue weighted by Gasteiger charge is 2.34. The molecule has 1 aromatic carbocycles. The van der Waals surface area contributed by atoms with Crippen LogP contribution in [0, 0.1) is 0 Å². The lowest BCUT2D eigenvalue weighted by Crippen LogP contribution is -2.42. The molecule has 4 heteroatoms. The molecule has 0 heterocycles. The van der Waals surface area contributed by atoms with Crippen molar-refractivity contribution < 1.29 is 14.6 Å². The molecule has 1 aromatic rings. The number of halogens is 1. The maximum atomic E-state index is 12.2. The molecule has 0 saturated carbocycles. The highest BCUT2D eigenvalue weighted by atomic mass is 35.5. The van der Waals surface area contributed by atoms with Crippen LogP contribution in [0.3, 0.4) is 0 Å². The zero-order valence-electron chi connectivity index (χ0n) is 10.1. The lowest BCUT2D eigenvalue weighted by molar-refractivity contribution is -0.0441. The van der Waals surface area contributed by atoms with E-state index in [0.29, 0.717) is 17.2 Å². The van der Waals surface area contributed by atoms with E-state index < -0.39 is 5.60 Å². The second kappa shape index (κ2) is 6.15. The van der Waals surface area contributed by atoms with Gasteiger partial charge in [0.2, 0.25) is 0 Å². The summed E-state index contributed by atoms with van der Waals surface area (Å²) in [4.78, 5) is 12.2. The van der Waals surface area contributed by atoms with E-state index in [9.17, 15) is 9.90 Å². The van der Waals surface area contributed by atoms with E-state index in [1.165, 1.54) is 0 Å². The Kier molecular flexibility index (Phi) is 5.12. The molecule has 0 bridgehead atoms. The highest BCUT2D eigenvalue weighted by Crippen LogP contribution is 2.19. The van der Waals surface area contributed by atoms with Gasteiger partial charge in [0, 0.05) is 17.2 Å². The molecule has 1 unspecified atom stereocenters. The number of aliphatic hydroxyl groups excluding tert-OH is 1. The van der Waals surface area contributed by atoms with Crippen LogP contribution in [0.1, 0.15) is 30.6 Å². The summed E-state index contributed by atoms with van der Waals surface area (Å²) in [6.07, 6.45) is 0.795. The van der Waals surface area contributed by atoms with Gasteiger partial charge in [-0.3, -0.25) is 4.79 Å². The molecule has 1 rings (SSSR count). The molecule has 0 aromatic heterocycles. The maximum Gasteiger partial charge on any atom is 0.196 e. The minimum absolute atomic E-state index is 0.231. The van der Waals surface area contributed by atoms with Crippen molar-refractivity contribution in [3.63, 3.8) is 0 Å². The summed E-state index contributed by atoms with van der Waals surface area (Å²) in [6, 6.07) is 6.56. The second-order valence-electron chi connectivity index (χ2n) is 4.07. The quantitative estimate of drug-likeness (QED) is 0.796. The van der Waals surface area contributed by atoms with Gasteiger partial charge in [0.25, 0.3) is 0 Å². The zero-order valence-corrected chi connectivity index (χ0v) is 10.8. The second-order valence-corrected chi connectivity index (χ2v) is 4.51. The normalized spacial score (nSPS) is 14.4. The Labute approximate surface area is 106 Å². The van der Waals surface area contributed by atoms with Crippen LogP contribution in [0.15, 0.2) is 24.3 Å². The molecule has 3 nitrogen and oxygen atoms in total. The fourth-order valence-corrected chi connectivity index (χ4v) is 1.54. The van der Waals surface area contributed by atoms with E-state index in [4.69, 9.17) is 16.3 Å². The molecule has 0 aliphatic carbocycles. The predicted octanol–water partition coefficient (Wildman–Crippen LogP) is 2.70. The van der Waals surface area contributed by atoms with Crippen LogP contribution >= 0.6 is 11.6 Å². The van der Waals surface area contributed by atoms with Gasteiger partial charge in [-0.15, -0.1) is 0 Å². The van der Waals surface area contributed by atoms with Gasteiger partial charge in [0.05, 0.1) is 6.61 Å². The van der Waals surface area contributed by atoms with Crippen molar-refractivity contribution in [1.29, 1.82) is 0 Å². The van der Waals surface area contributed by atoms with Crippen LogP contribution in [0.4, 0.5) is 0 Å². The average molecular weight is 257 g/mol. The van der Waals surface area contributed by atoms with Crippen molar-refractivity contribution in [2.75, 3.05) is 13.2 Å². The Morgan fingerprint density at radius 1 is 1.41 bits per heavy atom. The monoisotopic (exact) mass is 256 g/mol. The molecule has 0 saturated heterocycles. The van der Waals surface area contributed by atoms with Crippen molar-refractivity contribution in [3.05, 3.63) is 34.9 Å². The molecule has 0 aliphatic heterocycles. The number of benzene rings is 1. The number of hydrogen-bond donors (Lipinski definition) is 1. The smallest absolute Gasteiger partial charge is 0.196 e. The minimum atomic E-state index is -1.18. The minimum Gasteiger partial charge on any atom is -0.393 e. The number of hydrogen-bond acceptors (Lipinski definition) is 3. The first-order valence-electron chi connectivity index (χ1n) is 5.58. The van der Waals surface area contributed by atoms with Gasteiger partial charge in [-0.1, -0.05) is 18.5 Å². The van der Waals surface area contributed by atoms with Crippen molar-refractivity contribution in [2.45, 2.75) is 25.9 Å². The number of ketones is 1. The molecule has 0 fully saturated rings. The summed E-state index contributed by atoms with van der Waals surface area (Å²) in [5, 5.41) is 9.90. The van der Waals surface area contributed by atoms with E-state index in [-0.39, 0.29) is 12.4 Å². The summed E-state index contributed by atoms with van der Waals surface area (Å²) in [5.41, 5.74) is -0.689. The van der Waals surface area contributed by atoms with Crippen LogP contribution < -0.4 is 0 Å². The maximum absolute atomic E-state index is 12.2. The van der Waals surface area contributed by atoms with Gasteiger partial charge in [0.15, 0.2) is 11.4 Å². The Balaban J connectivity index is 2.88. The number of ether oxygens (including phenoxy) is 1. The van der Waals surface area contributed by atoms with Crippen molar-refractivity contribution >= 4 is 17.4 Å². The molecular weight excluding hydrogens is 240 g/mol. The lowest BCUT2D eigenvalue weighted by atomic mass is 9.95. The molecule has 0 aliphatic rings.